The van der Waals surface area contributed by atoms with Crippen molar-refractivity contribution in [1.29, 1.82) is 0 Å². The summed E-state index contributed by atoms with van der Waals surface area (Å²) in [5.74, 6) is 0.190. The predicted molar refractivity (Wildman–Crippen MR) is 83.9 cm³/mol. The molecule has 1 aromatic carbocycles. The summed E-state index contributed by atoms with van der Waals surface area (Å²) in [5.41, 5.74) is 1.36. The molecule has 23 heavy (non-hydrogen) atoms. The molecular formula is C17H20FN3O2. The van der Waals surface area contributed by atoms with Crippen LogP contribution >= 0.6 is 0 Å². The smallest absolute Gasteiger partial charge is 0.257 e. The van der Waals surface area contributed by atoms with Crippen molar-refractivity contribution in [2.45, 2.75) is 19.3 Å². The quantitative estimate of drug-likeness (QED) is 0.943. The first-order valence-electron chi connectivity index (χ1n) is 7.78. The fourth-order valence-corrected chi connectivity index (χ4v) is 3.14. The average molecular weight is 317 g/mol. The van der Waals surface area contributed by atoms with Crippen LogP contribution in [0.25, 0.3) is 0 Å². The van der Waals surface area contributed by atoms with Crippen molar-refractivity contribution in [3.63, 3.8) is 0 Å². The number of methoxy groups -OCH3 is 1. The number of hydrogen-bond acceptors (Lipinski definition) is 3. The fourth-order valence-electron chi connectivity index (χ4n) is 3.14. The van der Waals surface area contributed by atoms with Crippen LogP contribution in [-0.4, -0.2) is 41.2 Å². The summed E-state index contributed by atoms with van der Waals surface area (Å²) in [4.78, 5) is 14.5. The van der Waals surface area contributed by atoms with Gasteiger partial charge in [0.1, 0.15) is 11.6 Å². The molecule has 0 unspecified atom stereocenters. The van der Waals surface area contributed by atoms with Crippen LogP contribution in [0.15, 0.2) is 30.5 Å². The van der Waals surface area contributed by atoms with Crippen molar-refractivity contribution in [3.05, 3.63) is 47.5 Å². The maximum atomic E-state index is 13.5. The molecule has 1 aliphatic heterocycles. The number of H-pyrrole nitrogens is 1. The Hall–Kier alpha value is -2.37. The third kappa shape index (κ3) is 3.52. The number of aromatic amines is 1. The lowest BCUT2D eigenvalue weighted by Gasteiger charge is -2.33. The molecule has 0 spiro atoms. The third-order valence-corrected chi connectivity index (χ3v) is 4.27. The minimum absolute atomic E-state index is 0.171. The van der Waals surface area contributed by atoms with Crippen molar-refractivity contribution in [2.75, 3.05) is 20.2 Å². The highest BCUT2D eigenvalue weighted by Crippen LogP contribution is 2.25. The second-order valence-corrected chi connectivity index (χ2v) is 5.89. The Kier molecular flexibility index (Phi) is 4.60. The molecule has 0 bridgehead atoms. The van der Waals surface area contributed by atoms with Crippen molar-refractivity contribution in [2.24, 2.45) is 5.92 Å². The Morgan fingerprint density at radius 3 is 3.09 bits per heavy atom. The molecule has 1 amide bonds. The van der Waals surface area contributed by atoms with E-state index in [1.165, 1.54) is 25.3 Å². The Morgan fingerprint density at radius 2 is 2.35 bits per heavy atom. The molecule has 1 saturated heterocycles. The first-order valence-corrected chi connectivity index (χ1v) is 7.78. The van der Waals surface area contributed by atoms with Gasteiger partial charge in [0.05, 0.1) is 12.7 Å². The number of piperidine rings is 1. The number of ether oxygens (including phenoxy) is 1. The zero-order valence-electron chi connectivity index (χ0n) is 13.1. The molecule has 5 nitrogen and oxygen atoms in total. The van der Waals surface area contributed by atoms with Crippen LogP contribution in [0.5, 0.6) is 5.75 Å². The molecule has 2 aromatic rings. The molecule has 0 aliphatic carbocycles. The summed E-state index contributed by atoms with van der Waals surface area (Å²) in [7, 11) is 1.49. The monoisotopic (exact) mass is 317 g/mol. The molecule has 1 aliphatic rings. The van der Waals surface area contributed by atoms with Gasteiger partial charge in [-0.05, 0) is 49.4 Å². The highest BCUT2D eigenvalue weighted by molar-refractivity contribution is 5.97. The molecule has 0 saturated carbocycles. The largest absolute Gasteiger partial charge is 0.496 e. The van der Waals surface area contributed by atoms with Crippen LogP contribution in [0.1, 0.15) is 28.9 Å². The second-order valence-electron chi connectivity index (χ2n) is 5.89. The van der Waals surface area contributed by atoms with Crippen molar-refractivity contribution in [1.82, 2.24) is 15.1 Å². The predicted octanol–water partition coefficient (Wildman–Crippen LogP) is 2.65. The van der Waals surface area contributed by atoms with Gasteiger partial charge >= 0.3 is 0 Å². The van der Waals surface area contributed by atoms with Gasteiger partial charge in [0, 0.05) is 25.0 Å². The van der Waals surface area contributed by atoms with E-state index in [1.807, 2.05) is 6.07 Å². The van der Waals surface area contributed by atoms with E-state index in [1.54, 1.807) is 11.1 Å². The van der Waals surface area contributed by atoms with Gasteiger partial charge in [-0.15, -0.1) is 0 Å². The van der Waals surface area contributed by atoms with E-state index >= 15 is 0 Å². The number of hydrogen-bond donors (Lipinski definition) is 1. The highest BCUT2D eigenvalue weighted by atomic mass is 19.1. The van der Waals surface area contributed by atoms with Gasteiger partial charge in [0.2, 0.25) is 0 Å². The number of halogens is 1. The van der Waals surface area contributed by atoms with Crippen LogP contribution in [0.2, 0.25) is 0 Å². The van der Waals surface area contributed by atoms with E-state index in [4.69, 9.17) is 4.74 Å². The number of likely N-dealkylation sites (tertiary alicyclic amines) is 1. The van der Waals surface area contributed by atoms with Gasteiger partial charge in [0.15, 0.2) is 0 Å². The first-order chi connectivity index (χ1) is 11.2. The fraction of sp³-hybridized carbons (Fsp3) is 0.412. The van der Waals surface area contributed by atoms with E-state index in [2.05, 4.69) is 10.2 Å². The number of nitrogens with one attached hydrogen (secondary N) is 1. The van der Waals surface area contributed by atoms with Gasteiger partial charge in [-0.1, -0.05) is 0 Å². The lowest BCUT2D eigenvalue weighted by atomic mass is 9.93. The Labute approximate surface area is 134 Å². The summed E-state index contributed by atoms with van der Waals surface area (Å²) in [6.07, 6.45) is 4.62. The van der Waals surface area contributed by atoms with Gasteiger partial charge in [-0.2, -0.15) is 5.10 Å². The van der Waals surface area contributed by atoms with E-state index in [0.29, 0.717) is 24.8 Å². The van der Waals surface area contributed by atoms with E-state index < -0.39 is 5.82 Å². The van der Waals surface area contributed by atoms with Gasteiger partial charge < -0.3 is 9.64 Å². The molecule has 1 atom stereocenters. The number of amides is 1. The number of rotatable bonds is 4. The van der Waals surface area contributed by atoms with E-state index in [0.717, 1.165) is 25.0 Å². The highest BCUT2D eigenvalue weighted by Gasteiger charge is 2.26. The van der Waals surface area contributed by atoms with Crippen LogP contribution in [0.4, 0.5) is 4.39 Å². The zero-order chi connectivity index (χ0) is 16.2. The summed E-state index contributed by atoms with van der Waals surface area (Å²) >= 11 is 0. The SMILES string of the molecule is COc1ccc(F)cc1C(=O)N1CCC[C@@H](Cc2ccn[nH]2)C1. The maximum absolute atomic E-state index is 13.5. The number of carbonyl (C=O) groups is 1. The van der Waals surface area contributed by atoms with Gasteiger partial charge in [-0.3, -0.25) is 9.89 Å². The number of benzene rings is 1. The normalized spacial score (nSPS) is 18.0. The summed E-state index contributed by atoms with van der Waals surface area (Å²) in [6, 6.07) is 6.00. The minimum Gasteiger partial charge on any atom is -0.496 e. The topological polar surface area (TPSA) is 58.2 Å². The van der Waals surface area contributed by atoms with Crippen LogP contribution in [-0.2, 0) is 6.42 Å². The maximum Gasteiger partial charge on any atom is 0.257 e. The number of aromatic nitrogens is 2. The second kappa shape index (κ2) is 6.81. The Bertz CT molecular complexity index is 672. The number of carbonyl (C=O) groups excluding carboxylic acids is 1. The third-order valence-electron chi connectivity index (χ3n) is 4.27. The van der Waals surface area contributed by atoms with Crippen molar-refractivity contribution < 1.29 is 13.9 Å². The Balaban J connectivity index is 1.73. The molecule has 1 N–H and O–H groups in total. The lowest BCUT2D eigenvalue weighted by Crippen LogP contribution is -2.40. The minimum atomic E-state index is -0.430. The van der Waals surface area contributed by atoms with Crippen LogP contribution < -0.4 is 4.74 Å². The molecular weight excluding hydrogens is 297 g/mol. The van der Waals surface area contributed by atoms with E-state index in [9.17, 15) is 9.18 Å². The van der Waals surface area contributed by atoms with Crippen LogP contribution in [0, 0.1) is 11.7 Å². The zero-order valence-corrected chi connectivity index (χ0v) is 13.1. The van der Waals surface area contributed by atoms with Crippen LogP contribution in [0.3, 0.4) is 0 Å². The van der Waals surface area contributed by atoms with Gasteiger partial charge in [0.25, 0.3) is 5.91 Å². The van der Waals surface area contributed by atoms with Crippen molar-refractivity contribution in [3.8, 4) is 5.75 Å². The molecule has 3 rings (SSSR count). The Morgan fingerprint density at radius 1 is 1.48 bits per heavy atom. The molecule has 1 fully saturated rings. The summed E-state index contributed by atoms with van der Waals surface area (Å²) in [6.45, 7) is 1.36. The summed E-state index contributed by atoms with van der Waals surface area (Å²) in [5, 5.41) is 6.92. The lowest BCUT2D eigenvalue weighted by molar-refractivity contribution is 0.0669. The summed E-state index contributed by atoms with van der Waals surface area (Å²) < 4.78 is 18.7. The molecule has 2 heterocycles. The molecule has 122 valence electrons. The molecule has 0 radical (unpaired) electrons. The van der Waals surface area contributed by atoms with Crippen molar-refractivity contribution >= 4 is 5.91 Å². The number of nitrogens with zero attached hydrogens (tertiary/aromatic N) is 2. The molecule has 6 heteroatoms. The first kappa shape index (κ1) is 15.5. The van der Waals surface area contributed by atoms with E-state index in [-0.39, 0.29) is 11.5 Å². The van der Waals surface area contributed by atoms with Gasteiger partial charge in [-0.25, -0.2) is 4.39 Å². The standard InChI is InChI=1S/C17H20FN3O2/c1-23-16-5-4-13(18)10-15(16)17(22)21-8-2-3-12(11-21)9-14-6-7-19-20-14/h4-7,10,12H,2-3,8-9,11H2,1H3,(H,19,20)/t12-/m0/s1. The molecule has 1 aromatic heterocycles. The average Bonchev–Trinajstić information content (AvgIpc) is 3.07.